The van der Waals surface area contributed by atoms with Crippen molar-refractivity contribution in [1.29, 1.82) is 0 Å². The summed E-state index contributed by atoms with van der Waals surface area (Å²) in [6.07, 6.45) is -0.980. The van der Waals surface area contributed by atoms with E-state index < -0.39 is 6.09 Å². The van der Waals surface area contributed by atoms with Gasteiger partial charge in [0.1, 0.15) is 0 Å². The zero-order chi connectivity index (χ0) is 15.7. The third kappa shape index (κ3) is 2.80. The fraction of sp³-hybridized carbons (Fsp3) is 0.200. The monoisotopic (exact) mass is 336 g/mol. The minimum Gasteiger partial charge on any atom is -0.465 e. The van der Waals surface area contributed by atoms with Gasteiger partial charge in [-0.15, -0.1) is 11.3 Å². The van der Waals surface area contributed by atoms with Crippen LogP contribution in [0.2, 0.25) is 4.34 Å². The summed E-state index contributed by atoms with van der Waals surface area (Å²) in [4.78, 5) is 25.2. The van der Waals surface area contributed by atoms with Gasteiger partial charge in [0.25, 0.3) is 5.91 Å². The van der Waals surface area contributed by atoms with E-state index in [-0.39, 0.29) is 11.8 Å². The summed E-state index contributed by atoms with van der Waals surface area (Å²) in [7, 11) is 0. The van der Waals surface area contributed by atoms with Crippen molar-refractivity contribution < 1.29 is 14.7 Å². The molecule has 1 aliphatic heterocycles. The summed E-state index contributed by atoms with van der Waals surface area (Å²) in [6.45, 7) is 0.731. The Kier molecular flexibility index (Phi) is 4.04. The highest BCUT2D eigenvalue weighted by atomic mass is 35.5. The van der Waals surface area contributed by atoms with Gasteiger partial charge in [0, 0.05) is 19.0 Å². The Labute approximate surface area is 136 Å². The van der Waals surface area contributed by atoms with Crippen LogP contribution >= 0.6 is 22.9 Å². The van der Waals surface area contributed by atoms with Crippen LogP contribution in [-0.2, 0) is 0 Å². The minimum absolute atomic E-state index is 0.0494. The predicted molar refractivity (Wildman–Crippen MR) is 86.2 cm³/mol. The molecule has 0 spiro atoms. The van der Waals surface area contributed by atoms with Gasteiger partial charge in [0.2, 0.25) is 0 Å². The second-order valence-corrected chi connectivity index (χ2v) is 6.68. The molecule has 1 atom stereocenters. The van der Waals surface area contributed by atoms with Crippen LogP contribution in [0.3, 0.4) is 0 Å². The topological polar surface area (TPSA) is 69.6 Å². The van der Waals surface area contributed by atoms with Crippen molar-refractivity contribution in [2.75, 3.05) is 18.0 Å². The van der Waals surface area contributed by atoms with Gasteiger partial charge in [0.05, 0.1) is 14.9 Å². The Morgan fingerprint density at radius 1 is 1.32 bits per heavy atom. The van der Waals surface area contributed by atoms with Crippen LogP contribution in [0, 0.1) is 0 Å². The fourth-order valence-corrected chi connectivity index (χ4v) is 3.55. The summed E-state index contributed by atoms with van der Waals surface area (Å²) in [5, 5.41) is 12.1. The summed E-state index contributed by atoms with van der Waals surface area (Å²) in [5.74, 6) is -0.241. The largest absolute Gasteiger partial charge is 0.465 e. The van der Waals surface area contributed by atoms with Crippen molar-refractivity contribution in [3.8, 4) is 0 Å². The molecule has 1 aromatic heterocycles. The van der Waals surface area contributed by atoms with Gasteiger partial charge in [-0.2, -0.15) is 0 Å². The lowest BCUT2D eigenvalue weighted by Crippen LogP contribution is -2.32. The van der Waals surface area contributed by atoms with E-state index in [0.29, 0.717) is 28.0 Å². The van der Waals surface area contributed by atoms with Crippen LogP contribution in [0.25, 0.3) is 0 Å². The predicted octanol–water partition coefficient (Wildman–Crippen LogP) is 3.41. The van der Waals surface area contributed by atoms with Gasteiger partial charge in [-0.05, 0) is 23.8 Å². The van der Waals surface area contributed by atoms with E-state index in [0.717, 1.165) is 5.56 Å². The number of hydrogen-bond acceptors (Lipinski definition) is 3. The first-order valence-corrected chi connectivity index (χ1v) is 7.88. The molecule has 0 radical (unpaired) electrons. The third-order valence-electron chi connectivity index (χ3n) is 3.61. The molecular formula is C15H13ClN2O3S. The molecule has 2 amide bonds. The van der Waals surface area contributed by atoms with E-state index in [4.69, 9.17) is 11.6 Å². The Balaban J connectivity index is 1.71. The highest BCUT2D eigenvalue weighted by Crippen LogP contribution is 2.35. The number of carboxylic acid groups (broad SMARTS) is 1. The van der Waals surface area contributed by atoms with Crippen LogP contribution in [0.5, 0.6) is 0 Å². The lowest BCUT2D eigenvalue weighted by molar-refractivity contribution is 0.0955. The summed E-state index contributed by atoms with van der Waals surface area (Å²) in [5.41, 5.74) is 1.63. The molecule has 0 bridgehead atoms. The number of benzene rings is 1. The second-order valence-electron chi connectivity index (χ2n) is 4.96. The normalized spacial score (nSPS) is 16.4. The molecule has 0 unspecified atom stereocenters. The molecule has 3 rings (SSSR count). The number of amides is 2. The highest BCUT2D eigenvalue weighted by Gasteiger charge is 2.32. The van der Waals surface area contributed by atoms with Crippen molar-refractivity contribution in [3.05, 3.63) is 51.2 Å². The zero-order valence-corrected chi connectivity index (χ0v) is 13.0. The Morgan fingerprint density at radius 3 is 2.77 bits per heavy atom. The van der Waals surface area contributed by atoms with Crippen molar-refractivity contribution >= 4 is 40.6 Å². The van der Waals surface area contributed by atoms with E-state index >= 15 is 0 Å². The van der Waals surface area contributed by atoms with Crippen LogP contribution in [0.1, 0.15) is 21.2 Å². The molecule has 0 aliphatic carbocycles. The zero-order valence-electron chi connectivity index (χ0n) is 11.5. The Bertz CT molecular complexity index is 731. The molecule has 2 heterocycles. The molecule has 0 saturated heterocycles. The van der Waals surface area contributed by atoms with Gasteiger partial charge in [-0.1, -0.05) is 29.8 Å². The quantitative estimate of drug-likeness (QED) is 0.902. The maximum Gasteiger partial charge on any atom is 0.411 e. The molecule has 5 nitrogen and oxygen atoms in total. The first-order valence-electron chi connectivity index (χ1n) is 6.69. The van der Waals surface area contributed by atoms with Gasteiger partial charge in [-0.25, -0.2) is 4.79 Å². The number of rotatable bonds is 3. The third-order valence-corrected chi connectivity index (χ3v) is 4.84. The average molecular weight is 337 g/mol. The fourth-order valence-electron chi connectivity index (χ4n) is 2.59. The molecular weight excluding hydrogens is 324 g/mol. The number of halogens is 1. The SMILES string of the molecule is O=C(NC[C@@H]1CN(C(=O)O)c2ccccc21)c1ccc(Cl)s1. The second kappa shape index (κ2) is 5.98. The van der Waals surface area contributed by atoms with Crippen molar-refractivity contribution in [1.82, 2.24) is 5.32 Å². The minimum atomic E-state index is -0.980. The van der Waals surface area contributed by atoms with Gasteiger partial charge >= 0.3 is 6.09 Å². The van der Waals surface area contributed by atoms with Crippen LogP contribution in [-0.4, -0.2) is 30.2 Å². The maximum absolute atomic E-state index is 12.1. The standard InChI is InChI=1S/C15H13ClN2O3S/c16-13-6-5-12(22-13)14(19)17-7-9-8-18(15(20)21)11-4-2-1-3-10(9)11/h1-6,9H,7-8H2,(H,17,19)(H,20,21)/t9-/m1/s1. The molecule has 0 fully saturated rings. The van der Waals surface area contributed by atoms with E-state index in [2.05, 4.69) is 5.32 Å². The number of hydrogen-bond donors (Lipinski definition) is 2. The number of fused-ring (bicyclic) bond motifs is 1. The van der Waals surface area contributed by atoms with Gasteiger partial charge < -0.3 is 10.4 Å². The molecule has 22 heavy (non-hydrogen) atoms. The first kappa shape index (κ1) is 14.9. The summed E-state index contributed by atoms with van der Waals surface area (Å²) in [6, 6.07) is 10.7. The molecule has 114 valence electrons. The van der Waals surface area contributed by atoms with Crippen LogP contribution < -0.4 is 10.2 Å². The van der Waals surface area contributed by atoms with Crippen molar-refractivity contribution in [3.63, 3.8) is 0 Å². The molecule has 0 saturated carbocycles. The molecule has 1 aliphatic rings. The number of para-hydroxylation sites is 1. The smallest absolute Gasteiger partial charge is 0.411 e. The van der Waals surface area contributed by atoms with Crippen LogP contribution in [0.4, 0.5) is 10.5 Å². The number of thiophene rings is 1. The number of anilines is 1. The Morgan fingerprint density at radius 2 is 2.09 bits per heavy atom. The summed E-state index contributed by atoms with van der Waals surface area (Å²) < 4.78 is 0.563. The molecule has 2 aromatic rings. The maximum atomic E-state index is 12.1. The van der Waals surface area contributed by atoms with E-state index in [1.165, 1.54) is 16.2 Å². The van der Waals surface area contributed by atoms with E-state index in [1.807, 2.05) is 18.2 Å². The van der Waals surface area contributed by atoms with Crippen LogP contribution in [0.15, 0.2) is 36.4 Å². The lowest BCUT2D eigenvalue weighted by Gasteiger charge is -2.13. The van der Waals surface area contributed by atoms with Crippen molar-refractivity contribution in [2.45, 2.75) is 5.92 Å². The average Bonchev–Trinajstić information content (AvgIpc) is 3.09. The van der Waals surface area contributed by atoms with E-state index in [9.17, 15) is 14.7 Å². The molecule has 2 N–H and O–H groups in total. The number of nitrogens with zero attached hydrogens (tertiary/aromatic N) is 1. The number of carbonyl (C=O) groups is 2. The molecule has 7 heteroatoms. The lowest BCUT2D eigenvalue weighted by atomic mass is 10.0. The molecule has 1 aromatic carbocycles. The Hall–Kier alpha value is -2.05. The number of carbonyl (C=O) groups excluding carboxylic acids is 1. The first-order chi connectivity index (χ1) is 10.6. The summed E-state index contributed by atoms with van der Waals surface area (Å²) >= 11 is 7.04. The number of nitrogens with one attached hydrogen (secondary N) is 1. The van der Waals surface area contributed by atoms with Crippen molar-refractivity contribution in [2.24, 2.45) is 0 Å². The van der Waals surface area contributed by atoms with E-state index in [1.54, 1.807) is 18.2 Å². The van der Waals surface area contributed by atoms with Gasteiger partial charge in [0.15, 0.2) is 0 Å². The van der Waals surface area contributed by atoms with Gasteiger partial charge in [-0.3, -0.25) is 9.69 Å². The highest BCUT2D eigenvalue weighted by molar-refractivity contribution is 7.17.